The highest BCUT2D eigenvalue weighted by molar-refractivity contribution is 6.09. The molecule has 28 heavy (non-hydrogen) atoms. The topological polar surface area (TPSA) is 63.5 Å². The number of carbonyl (C=O) groups is 1. The smallest absolute Gasteiger partial charge is 0.293 e. The Morgan fingerprint density at radius 3 is 2.04 bits per heavy atom. The normalized spacial score (nSPS) is 10.6. The molecule has 2 aromatic rings. The number of unbranched alkanes of at least 4 members (excludes halogenated alkanes) is 4. The van der Waals surface area contributed by atoms with Crippen LogP contribution in [0.5, 0.6) is 0 Å². The summed E-state index contributed by atoms with van der Waals surface area (Å²) in [5.41, 5.74) is 1.51. The molecule has 2 aromatic carbocycles. The van der Waals surface area contributed by atoms with E-state index in [1.165, 1.54) is 6.07 Å². The van der Waals surface area contributed by atoms with E-state index < -0.39 is 0 Å². The molecule has 0 aliphatic carbocycles. The van der Waals surface area contributed by atoms with Crippen LogP contribution in [-0.2, 0) is 0 Å². The lowest BCUT2D eigenvalue weighted by molar-refractivity contribution is -0.384. The lowest BCUT2D eigenvalue weighted by atomic mass is 10.0. The van der Waals surface area contributed by atoms with Gasteiger partial charge in [-0.1, -0.05) is 69.9 Å². The van der Waals surface area contributed by atoms with Crippen LogP contribution in [0.3, 0.4) is 0 Å². The van der Waals surface area contributed by atoms with Crippen molar-refractivity contribution in [3.05, 3.63) is 69.8 Å². The molecule has 0 unspecified atom stereocenters. The molecule has 0 radical (unpaired) electrons. The highest BCUT2D eigenvalue weighted by atomic mass is 16.6. The number of rotatable bonds is 12. The molecule has 0 aromatic heterocycles. The Morgan fingerprint density at radius 2 is 1.50 bits per heavy atom. The predicted molar refractivity (Wildman–Crippen MR) is 114 cm³/mol. The summed E-state index contributed by atoms with van der Waals surface area (Å²) >= 11 is 0. The van der Waals surface area contributed by atoms with Crippen LogP contribution in [0, 0.1) is 10.1 Å². The second-order valence-electron chi connectivity index (χ2n) is 7.06. The third-order valence-electron chi connectivity index (χ3n) is 4.87. The van der Waals surface area contributed by atoms with Crippen LogP contribution in [0.1, 0.15) is 68.3 Å². The van der Waals surface area contributed by atoms with Gasteiger partial charge in [0.2, 0.25) is 0 Å². The summed E-state index contributed by atoms with van der Waals surface area (Å²) in [6.45, 7) is 5.89. The van der Waals surface area contributed by atoms with Gasteiger partial charge in [0.25, 0.3) is 5.69 Å². The van der Waals surface area contributed by atoms with Crippen molar-refractivity contribution in [2.45, 2.75) is 52.4 Å². The molecule has 150 valence electrons. The highest BCUT2D eigenvalue weighted by Crippen LogP contribution is 2.31. The zero-order valence-corrected chi connectivity index (χ0v) is 16.9. The van der Waals surface area contributed by atoms with E-state index in [1.807, 2.05) is 6.07 Å². The first kappa shape index (κ1) is 21.6. The van der Waals surface area contributed by atoms with Gasteiger partial charge in [0.05, 0.1) is 4.92 Å². The van der Waals surface area contributed by atoms with Crippen LogP contribution >= 0.6 is 0 Å². The molecule has 2 rings (SSSR count). The van der Waals surface area contributed by atoms with E-state index in [1.54, 1.807) is 36.4 Å². The minimum absolute atomic E-state index is 0.00905. The fraction of sp³-hybridized carbons (Fsp3) is 0.435. The molecule has 0 aliphatic rings. The Kier molecular flexibility index (Phi) is 8.66. The maximum atomic E-state index is 12.7. The number of nitrogens with zero attached hydrogens (tertiary/aromatic N) is 2. The average molecular weight is 383 g/mol. The van der Waals surface area contributed by atoms with Crippen molar-refractivity contribution in [2.24, 2.45) is 0 Å². The van der Waals surface area contributed by atoms with Crippen molar-refractivity contribution in [2.75, 3.05) is 18.0 Å². The third-order valence-corrected chi connectivity index (χ3v) is 4.87. The summed E-state index contributed by atoms with van der Waals surface area (Å²) in [5.74, 6) is -0.196. The van der Waals surface area contributed by atoms with E-state index in [0.29, 0.717) is 16.8 Å². The zero-order valence-electron chi connectivity index (χ0n) is 16.9. The molecule has 0 bridgehead atoms. The molecule has 5 heteroatoms. The summed E-state index contributed by atoms with van der Waals surface area (Å²) in [5, 5.41) is 11.8. The van der Waals surface area contributed by atoms with E-state index in [0.717, 1.165) is 51.6 Å². The molecule has 0 N–H and O–H groups in total. The number of ketones is 1. The first-order valence-corrected chi connectivity index (χ1v) is 10.2. The Balaban J connectivity index is 2.32. The first-order valence-electron chi connectivity index (χ1n) is 10.2. The number of carbonyl (C=O) groups excluding carboxylic acids is 1. The maximum absolute atomic E-state index is 12.7. The zero-order chi connectivity index (χ0) is 20.4. The van der Waals surface area contributed by atoms with Crippen molar-refractivity contribution in [3.63, 3.8) is 0 Å². The Labute approximate surface area is 167 Å². The Hall–Kier alpha value is -2.69. The molecule has 0 heterocycles. The lowest BCUT2D eigenvalue weighted by Gasteiger charge is -2.25. The summed E-state index contributed by atoms with van der Waals surface area (Å²) in [4.78, 5) is 26.2. The Bertz CT molecular complexity index is 765. The minimum atomic E-state index is -0.371. The van der Waals surface area contributed by atoms with Crippen LogP contribution in [0.2, 0.25) is 0 Å². The van der Waals surface area contributed by atoms with Crippen molar-refractivity contribution >= 4 is 17.2 Å². The van der Waals surface area contributed by atoms with Crippen LogP contribution in [0.4, 0.5) is 11.4 Å². The van der Waals surface area contributed by atoms with Gasteiger partial charge < -0.3 is 4.90 Å². The van der Waals surface area contributed by atoms with Crippen LogP contribution in [0.25, 0.3) is 0 Å². The minimum Gasteiger partial charge on any atom is -0.366 e. The van der Waals surface area contributed by atoms with E-state index in [4.69, 9.17) is 0 Å². The van der Waals surface area contributed by atoms with Gasteiger partial charge in [-0.25, -0.2) is 0 Å². The SMILES string of the molecule is CCCCCN(CCCCC)c1ccc(C(=O)c2ccccc2)cc1[N+](=O)[O-]. The molecule has 0 saturated carbocycles. The monoisotopic (exact) mass is 382 g/mol. The van der Waals surface area contributed by atoms with Gasteiger partial charge >= 0.3 is 0 Å². The van der Waals surface area contributed by atoms with Crippen LogP contribution < -0.4 is 4.90 Å². The van der Waals surface area contributed by atoms with Gasteiger partial charge in [0.1, 0.15) is 5.69 Å². The first-order chi connectivity index (χ1) is 13.6. The summed E-state index contributed by atoms with van der Waals surface area (Å²) in [6, 6.07) is 13.8. The second-order valence-corrected chi connectivity index (χ2v) is 7.06. The summed E-state index contributed by atoms with van der Waals surface area (Å²) < 4.78 is 0. The fourth-order valence-electron chi connectivity index (χ4n) is 3.29. The average Bonchev–Trinajstić information content (AvgIpc) is 2.72. The summed E-state index contributed by atoms with van der Waals surface area (Å²) in [7, 11) is 0. The van der Waals surface area contributed by atoms with Crippen LogP contribution in [0.15, 0.2) is 48.5 Å². The lowest BCUT2D eigenvalue weighted by Crippen LogP contribution is -2.26. The van der Waals surface area contributed by atoms with Crippen molar-refractivity contribution < 1.29 is 9.72 Å². The van der Waals surface area contributed by atoms with Gasteiger partial charge in [0, 0.05) is 30.3 Å². The Morgan fingerprint density at radius 1 is 0.893 bits per heavy atom. The molecule has 0 amide bonds. The van der Waals surface area contributed by atoms with Gasteiger partial charge in [-0.05, 0) is 25.0 Å². The van der Waals surface area contributed by atoms with E-state index >= 15 is 0 Å². The third kappa shape index (κ3) is 5.91. The summed E-state index contributed by atoms with van der Waals surface area (Å²) in [6.07, 6.45) is 6.42. The number of nitro benzene ring substituents is 1. The number of benzene rings is 2. The maximum Gasteiger partial charge on any atom is 0.293 e. The van der Waals surface area contributed by atoms with E-state index in [2.05, 4.69) is 18.7 Å². The number of hydrogen-bond acceptors (Lipinski definition) is 4. The van der Waals surface area contributed by atoms with Crippen molar-refractivity contribution in [1.29, 1.82) is 0 Å². The molecule has 0 atom stereocenters. The molecular weight excluding hydrogens is 352 g/mol. The van der Waals surface area contributed by atoms with Crippen molar-refractivity contribution in [1.82, 2.24) is 0 Å². The van der Waals surface area contributed by atoms with Gasteiger partial charge in [-0.2, -0.15) is 0 Å². The molecule has 0 spiro atoms. The molecular formula is C23H30N2O3. The number of nitro groups is 1. The molecule has 5 nitrogen and oxygen atoms in total. The highest BCUT2D eigenvalue weighted by Gasteiger charge is 2.22. The molecule has 0 saturated heterocycles. The predicted octanol–water partition coefficient (Wildman–Crippen LogP) is 6.01. The van der Waals surface area contributed by atoms with Crippen LogP contribution in [-0.4, -0.2) is 23.8 Å². The van der Waals surface area contributed by atoms with Gasteiger partial charge in [-0.3, -0.25) is 14.9 Å². The fourth-order valence-corrected chi connectivity index (χ4v) is 3.29. The second kappa shape index (κ2) is 11.2. The van der Waals surface area contributed by atoms with Gasteiger partial charge in [0.15, 0.2) is 5.78 Å². The molecule has 0 fully saturated rings. The number of anilines is 1. The van der Waals surface area contributed by atoms with E-state index in [9.17, 15) is 14.9 Å². The van der Waals surface area contributed by atoms with Crippen molar-refractivity contribution in [3.8, 4) is 0 Å². The van der Waals surface area contributed by atoms with Gasteiger partial charge in [-0.15, -0.1) is 0 Å². The van der Waals surface area contributed by atoms with E-state index in [-0.39, 0.29) is 16.4 Å². The largest absolute Gasteiger partial charge is 0.366 e. The quantitative estimate of drug-likeness (QED) is 0.195. The molecule has 0 aliphatic heterocycles. The number of hydrogen-bond donors (Lipinski definition) is 0. The standard InChI is InChI=1S/C23H30N2O3/c1-3-5-10-16-24(17-11-6-4-2)21-15-14-20(18-22(21)25(27)28)23(26)19-12-8-7-9-13-19/h7-9,12-15,18H,3-6,10-11,16-17H2,1-2H3.